The van der Waals surface area contributed by atoms with Crippen LogP contribution < -0.4 is 5.32 Å². The van der Waals surface area contributed by atoms with Gasteiger partial charge in [-0.2, -0.15) is 11.8 Å². The van der Waals surface area contributed by atoms with E-state index in [0.717, 1.165) is 18.2 Å². The van der Waals surface area contributed by atoms with E-state index in [-0.39, 0.29) is 0 Å². The Morgan fingerprint density at radius 3 is 3.00 bits per heavy atom. The zero-order valence-electron chi connectivity index (χ0n) is 9.77. The van der Waals surface area contributed by atoms with Gasteiger partial charge in [0.1, 0.15) is 5.82 Å². The van der Waals surface area contributed by atoms with Crippen molar-refractivity contribution in [2.24, 2.45) is 0 Å². The summed E-state index contributed by atoms with van der Waals surface area (Å²) in [5.41, 5.74) is 1.28. The summed E-state index contributed by atoms with van der Waals surface area (Å²) < 4.78 is 5.54. The van der Waals surface area contributed by atoms with Crippen molar-refractivity contribution in [1.29, 1.82) is 0 Å². The summed E-state index contributed by atoms with van der Waals surface area (Å²) in [6.45, 7) is 3.07. The van der Waals surface area contributed by atoms with Crippen LogP contribution in [0.4, 0.5) is 5.82 Å². The molecule has 2 atom stereocenters. The molecule has 1 saturated heterocycles. The molecule has 0 aromatic carbocycles. The average Bonchev–Trinajstić information content (AvgIpc) is 2.73. The molecule has 2 unspecified atom stereocenters. The Bertz CT molecular complexity index is 328. The van der Waals surface area contributed by atoms with Gasteiger partial charge in [-0.25, -0.2) is 4.98 Å². The minimum absolute atomic E-state index is 0.398. The number of ether oxygens (including phenoxy) is 1. The van der Waals surface area contributed by atoms with E-state index in [4.69, 9.17) is 4.74 Å². The Balaban J connectivity index is 1.84. The molecular weight excluding hydrogens is 220 g/mol. The summed E-state index contributed by atoms with van der Waals surface area (Å²) in [5.74, 6) is 1.95. The molecule has 3 nitrogen and oxygen atoms in total. The molecule has 88 valence electrons. The van der Waals surface area contributed by atoms with Crippen LogP contribution in [-0.2, 0) is 10.5 Å². The number of nitrogens with zero attached hydrogens (tertiary/aromatic N) is 1. The molecule has 0 bridgehead atoms. The minimum Gasteiger partial charge on any atom is -0.377 e. The topological polar surface area (TPSA) is 34.1 Å². The second-order valence-electron chi connectivity index (χ2n) is 4.02. The lowest BCUT2D eigenvalue weighted by molar-refractivity contribution is 0.127. The van der Waals surface area contributed by atoms with Crippen LogP contribution in [0, 0.1) is 0 Å². The third-order valence-corrected chi connectivity index (χ3v) is 4.40. The number of anilines is 1. The van der Waals surface area contributed by atoms with E-state index in [9.17, 15) is 0 Å². The first kappa shape index (κ1) is 11.7. The molecule has 0 saturated carbocycles. The molecular formula is C12H18N2OS. The summed E-state index contributed by atoms with van der Waals surface area (Å²) >= 11 is 1.97. The van der Waals surface area contributed by atoms with Crippen LogP contribution in [-0.4, -0.2) is 30.0 Å². The highest BCUT2D eigenvalue weighted by Crippen LogP contribution is 2.28. The van der Waals surface area contributed by atoms with Gasteiger partial charge in [0.2, 0.25) is 0 Å². The molecule has 16 heavy (non-hydrogen) atoms. The van der Waals surface area contributed by atoms with Crippen LogP contribution in [0.3, 0.4) is 0 Å². The Morgan fingerprint density at radius 2 is 2.44 bits per heavy atom. The molecule has 0 radical (unpaired) electrons. The molecule has 1 aliphatic rings. The summed E-state index contributed by atoms with van der Waals surface area (Å²) in [6, 6.07) is 4.15. The van der Waals surface area contributed by atoms with Crippen LogP contribution >= 0.6 is 11.8 Å². The van der Waals surface area contributed by atoms with Crippen molar-refractivity contribution in [1.82, 2.24) is 4.98 Å². The van der Waals surface area contributed by atoms with Crippen LogP contribution in [0.1, 0.15) is 18.9 Å². The number of thioether (sulfide) groups is 1. The monoisotopic (exact) mass is 238 g/mol. The van der Waals surface area contributed by atoms with E-state index in [1.165, 1.54) is 12.0 Å². The third-order valence-electron chi connectivity index (χ3n) is 2.85. The standard InChI is InChI=1S/C12H18N2OS/c1-9-11(5-6-15-9)16-8-10-3-4-12(13-2)14-7-10/h3-4,7,9,11H,5-6,8H2,1-2H3,(H,13,14). The number of aromatic nitrogens is 1. The number of rotatable bonds is 4. The van der Waals surface area contributed by atoms with Crippen LogP contribution in [0.2, 0.25) is 0 Å². The van der Waals surface area contributed by atoms with Crippen LogP contribution in [0.15, 0.2) is 18.3 Å². The summed E-state index contributed by atoms with van der Waals surface area (Å²) in [6.07, 6.45) is 3.52. The molecule has 0 spiro atoms. The van der Waals surface area contributed by atoms with Crippen molar-refractivity contribution in [2.45, 2.75) is 30.5 Å². The molecule has 0 amide bonds. The largest absolute Gasteiger partial charge is 0.377 e. The minimum atomic E-state index is 0.398. The Labute approximate surface area is 101 Å². The maximum Gasteiger partial charge on any atom is 0.125 e. The normalized spacial score (nSPS) is 24.6. The Hall–Kier alpha value is -0.740. The fourth-order valence-electron chi connectivity index (χ4n) is 1.79. The fraction of sp³-hybridized carbons (Fsp3) is 0.583. The van der Waals surface area contributed by atoms with E-state index in [2.05, 4.69) is 23.3 Å². The molecule has 0 aliphatic carbocycles. The first-order chi connectivity index (χ1) is 7.79. The van der Waals surface area contributed by atoms with Crippen molar-refractivity contribution < 1.29 is 4.74 Å². The smallest absolute Gasteiger partial charge is 0.125 e. The van der Waals surface area contributed by atoms with Crippen LogP contribution in [0.25, 0.3) is 0 Å². The molecule has 1 aromatic heterocycles. The zero-order valence-corrected chi connectivity index (χ0v) is 10.6. The van der Waals surface area contributed by atoms with Crippen molar-refractivity contribution in [3.05, 3.63) is 23.9 Å². The lowest BCUT2D eigenvalue weighted by atomic mass is 10.3. The van der Waals surface area contributed by atoms with E-state index in [0.29, 0.717) is 11.4 Å². The Morgan fingerprint density at radius 1 is 1.56 bits per heavy atom. The highest BCUT2D eigenvalue weighted by molar-refractivity contribution is 7.99. The van der Waals surface area contributed by atoms with Gasteiger partial charge in [-0.1, -0.05) is 6.07 Å². The molecule has 1 N–H and O–H groups in total. The molecule has 1 aromatic rings. The number of pyridine rings is 1. The number of hydrogen-bond acceptors (Lipinski definition) is 4. The van der Waals surface area contributed by atoms with Gasteiger partial charge < -0.3 is 10.1 Å². The lowest BCUT2D eigenvalue weighted by Gasteiger charge is -2.13. The van der Waals surface area contributed by atoms with Crippen molar-refractivity contribution >= 4 is 17.6 Å². The van der Waals surface area contributed by atoms with E-state index in [1.54, 1.807) is 0 Å². The molecule has 1 fully saturated rings. The maximum absolute atomic E-state index is 5.54. The summed E-state index contributed by atoms with van der Waals surface area (Å²) in [7, 11) is 1.88. The third kappa shape index (κ3) is 2.89. The summed E-state index contributed by atoms with van der Waals surface area (Å²) in [4.78, 5) is 4.31. The zero-order chi connectivity index (χ0) is 11.4. The van der Waals surface area contributed by atoms with Gasteiger partial charge in [0.05, 0.1) is 6.10 Å². The molecule has 2 rings (SSSR count). The number of hydrogen-bond donors (Lipinski definition) is 1. The molecule has 4 heteroatoms. The predicted octanol–water partition coefficient (Wildman–Crippen LogP) is 2.53. The predicted molar refractivity (Wildman–Crippen MR) is 68.9 cm³/mol. The van der Waals surface area contributed by atoms with E-state index in [1.807, 2.05) is 31.1 Å². The first-order valence-corrected chi connectivity index (χ1v) is 6.70. The van der Waals surface area contributed by atoms with E-state index >= 15 is 0 Å². The van der Waals surface area contributed by atoms with E-state index < -0.39 is 0 Å². The summed E-state index contributed by atoms with van der Waals surface area (Å²) in [5, 5.41) is 3.66. The van der Waals surface area contributed by atoms with Crippen molar-refractivity contribution in [3.8, 4) is 0 Å². The molecule has 1 aliphatic heterocycles. The average molecular weight is 238 g/mol. The number of nitrogens with one attached hydrogen (secondary N) is 1. The molecule has 2 heterocycles. The van der Waals surface area contributed by atoms with Gasteiger partial charge >= 0.3 is 0 Å². The van der Waals surface area contributed by atoms with Gasteiger partial charge in [0, 0.05) is 30.9 Å². The highest BCUT2D eigenvalue weighted by atomic mass is 32.2. The maximum atomic E-state index is 5.54. The second-order valence-corrected chi connectivity index (χ2v) is 5.24. The second kappa shape index (κ2) is 5.55. The highest BCUT2D eigenvalue weighted by Gasteiger charge is 2.24. The Kier molecular flexibility index (Phi) is 4.07. The quantitative estimate of drug-likeness (QED) is 0.874. The van der Waals surface area contributed by atoms with Gasteiger partial charge in [-0.3, -0.25) is 0 Å². The SMILES string of the molecule is CNc1ccc(CSC2CCOC2C)cn1. The lowest BCUT2D eigenvalue weighted by Crippen LogP contribution is -2.13. The van der Waals surface area contributed by atoms with Crippen molar-refractivity contribution in [2.75, 3.05) is 19.0 Å². The van der Waals surface area contributed by atoms with Gasteiger partial charge in [-0.15, -0.1) is 0 Å². The fourth-order valence-corrected chi connectivity index (χ4v) is 2.98. The van der Waals surface area contributed by atoms with Gasteiger partial charge in [-0.05, 0) is 25.0 Å². The first-order valence-electron chi connectivity index (χ1n) is 5.65. The van der Waals surface area contributed by atoms with Crippen molar-refractivity contribution in [3.63, 3.8) is 0 Å². The van der Waals surface area contributed by atoms with Gasteiger partial charge in [0.15, 0.2) is 0 Å². The van der Waals surface area contributed by atoms with Gasteiger partial charge in [0.25, 0.3) is 0 Å². The van der Waals surface area contributed by atoms with Crippen LogP contribution in [0.5, 0.6) is 0 Å².